The molecule has 0 saturated carbocycles. The molecule has 0 saturated heterocycles. The zero-order valence-electron chi connectivity index (χ0n) is 89.5. The molecule has 4 aromatic rings. The predicted octanol–water partition coefficient (Wildman–Crippen LogP) is 39.7. The quantitative estimate of drug-likeness (QED) is 0.0307. The maximum atomic E-state index is 14.8. The molecule has 0 spiro atoms. The summed E-state index contributed by atoms with van der Waals surface area (Å²) in [5.41, 5.74) is 0.499. The van der Waals surface area contributed by atoms with Gasteiger partial charge in [0.05, 0.1) is 50.8 Å². The van der Waals surface area contributed by atoms with Gasteiger partial charge in [-0.2, -0.15) is 0 Å². The molecule has 778 valence electrons. The fourth-order valence-corrected chi connectivity index (χ4v) is 18.9. The van der Waals surface area contributed by atoms with Gasteiger partial charge in [0.1, 0.15) is 0 Å². The van der Waals surface area contributed by atoms with E-state index in [-0.39, 0.29) is 22.6 Å². The molecule has 0 N–H and O–H groups in total. The van der Waals surface area contributed by atoms with Gasteiger partial charge < -0.3 is 37.9 Å². The summed E-state index contributed by atoms with van der Waals surface area (Å²) in [4.78, 5) is 57.8. The van der Waals surface area contributed by atoms with Crippen LogP contribution in [0, 0.1) is 0 Å². The lowest BCUT2D eigenvalue weighted by Crippen LogP contribution is -2.14. The van der Waals surface area contributed by atoms with Crippen molar-refractivity contribution in [3.8, 4) is 57.1 Å². The van der Waals surface area contributed by atoms with Crippen LogP contribution in [0.2, 0.25) is 0 Å². The molecule has 12 nitrogen and oxygen atoms in total. The summed E-state index contributed by atoms with van der Waals surface area (Å²) in [6, 6.07) is 19.2. The fraction of sp³-hybridized carbons (Fsp3) is 0.774. The zero-order valence-corrected chi connectivity index (χ0v) is 89.5. The van der Waals surface area contributed by atoms with E-state index in [1.807, 2.05) is 0 Å². The van der Waals surface area contributed by atoms with Gasteiger partial charge in [-0.15, -0.1) is 0 Å². The lowest BCUT2D eigenvalue weighted by molar-refractivity contribution is 0.0722. The summed E-state index contributed by atoms with van der Waals surface area (Å²) >= 11 is 0. The molecule has 12 heteroatoms. The summed E-state index contributed by atoms with van der Waals surface area (Å²) in [6.45, 7) is 16.5. The molecule has 0 heterocycles. The largest absolute Gasteiger partial charge is 0.490 e. The molecule has 0 aliphatic rings. The van der Waals surface area contributed by atoms with Crippen LogP contribution in [-0.4, -0.2) is 51.6 Å². The molecule has 0 amide bonds. The van der Waals surface area contributed by atoms with Crippen LogP contribution in [0.4, 0.5) is 0 Å². The highest BCUT2D eigenvalue weighted by atomic mass is 16.6. The van der Waals surface area contributed by atoms with Crippen molar-refractivity contribution in [1.29, 1.82) is 0 Å². The van der Waals surface area contributed by atoms with Gasteiger partial charge >= 0.3 is 11.9 Å². The Balaban J connectivity index is 1.59. The summed E-state index contributed by atoms with van der Waals surface area (Å²) in [6.07, 6.45) is 106. The van der Waals surface area contributed by atoms with Gasteiger partial charge in [-0.1, -0.05) is 567 Å². The second-order valence-electron chi connectivity index (χ2n) is 40.8. The van der Waals surface area contributed by atoms with E-state index >= 15 is 0 Å². The zero-order chi connectivity index (χ0) is 97.0. The second kappa shape index (κ2) is 91.4. The molecular weight excluding hydrogens is 1680 g/mol. The van der Waals surface area contributed by atoms with E-state index in [0.717, 1.165) is 103 Å². The third kappa shape index (κ3) is 66.6. The Hall–Kier alpha value is -6.04. The Labute approximate surface area is 836 Å². The number of carbonyl (C=O) groups excluding carboxylic acids is 2. The van der Waals surface area contributed by atoms with Crippen molar-refractivity contribution < 1.29 is 47.5 Å². The van der Waals surface area contributed by atoms with Crippen LogP contribution in [0.15, 0.2) is 82.4 Å². The Morgan fingerprint density at radius 2 is 0.309 bits per heavy atom. The standard InChI is InChI=1S/C124H210O12/c1-7-13-19-25-31-37-43-49-55-61-67-73-79-85-99-129-117-105-111(106-118(130-100-86-80-74-68-62-56-50-44-38-32-26-20-14-8-2)121(117)133-103-89-83-77-71-65-59-53-47-41-35-29-23-17-11-5)123(127)135-115-97-93-109(91-95-113(115)125)110-92-96-114(126)116(98-94-110)136-124(128)112-107-119(131-101-87-81-75-69-63-57-51-45-39-33-27-21-15-9-3)122(134-104-90-84-78-72-66-60-54-48-42-36-30-24-18-12-6)120(108-112)132-102-88-82-76-70-64-58-52-46-40-34-28-22-16-10-4/h91-98,105-108H,7-90,99-104H2,1-6H3. The number of unbranched alkanes of at least 4 members (excludes halogenated alkanes) is 78. The maximum absolute atomic E-state index is 14.8. The summed E-state index contributed by atoms with van der Waals surface area (Å²) in [7, 11) is 0. The van der Waals surface area contributed by atoms with Gasteiger partial charge in [0.25, 0.3) is 0 Å². The highest BCUT2D eigenvalue weighted by Crippen LogP contribution is 2.42. The van der Waals surface area contributed by atoms with Gasteiger partial charge in [0.2, 0.25) is 22.4 Å². The van der Waals surface area contributed by atoms with Crippen molar-refractivity contribution in [2.75, 3.05) is 39.6 Å². The number of ether oxygens (including phenoxy) is 8. The minimum absolute atomic E-state index is 0.166. The SMILES string of the molecule is CCCCCCCCCCCCCCCCOc1cc(C(=O)Oc2ccc(-c3ccc(OC(=O)c4cc(OCCCCCCCCCCCCCCCC)c(OCCCCCCCCCCCCCCCC)c(OCCCCCCCCCCCCCCCC)c4)c(=O)cc3)ccc2=O)cc(OCCCCCCCCCCCCCCCC)c1OCCCCCCCCCCCCCCCC. The molecule has 0 bridgehead atoms. The Bertz CT molecular complexity index is 3190. The van der Waals surface area contributed by atoms with Crippen molar-refractivity contribution in [2.45, 2.75) is 581 Å². The molecule has 136 heavy (non-hydrogen) atoms. The van der Waals surface area contributed by atoms with Crippen molar-refractivity contribution in [2.24, 2.45) is 0 Å². The topological polar surface area (TPSA) is 142 Å². The second-order valence-corrected chi connectivity index (χ2v) is 40.8. The number of rotatable bonds is 101. The third-order valence-electron chi connectivity index (χ3n) is 27.9. The van der Waals surface area contributed by atoms with Gasteiger partial charge in [-0.05, 0) is 98.2 Å². The van der Waals surface area contributed by atoms with Gasteiger partial charge in [-0.25, -0.2) is 9.59 Å². The van der Waals surface area contributed by atoms with Crippen LogP contribution in [0.5, 0.6) is 46.0 Å². The fourth-order valence-electron chi connectivity index (χ4n) is 18.9. The molecule has 4 rings (SSSR count). The average molecular weight is 1890 g/mol. The molecule has 0 aromatic heterocycles. The first kappa shape index (κ1) is 122. The van der Waals surface area contributed by atoms with Crippen LogP contribution in [0.1, 0.15) is 602 Å². The molecule has 0 atom stereocenters. The van der Waals surface area contributed by atoms with E-state index in [9.17, 15) is 19.2 Å². The van der Waals surface area contributed by atoms with Crippen molar-refractivity contribution >= 4 is 11.9 Å². The van der Waals surface area contributed by atoms with E-state index in [1.165, 1.54) is 461 Å². The monoisotopic (exact) mass is 1890 g/mol. The van der Waals surface area contributed by atoms with Crippen LogP contribution in [0.25, 0.3) is 11.1 Å². The summed E-state index contributed by atoms with van der Waals surface area (Å²) in [5, 5.41) is 0. The molecular formula is C124H210O12. The first-order valence-electron chi connectivity index (χ1n) is 59.0. The Morgan fingerprint density at radius 3 is 0.471 bits per heavy atom. The third-order valence-corrected chi connectivity index (χ3v) is 27.9. The van der Waals surface area contributed by atoms with Crippen molar-refractivity contribution in [3.63, 3.8) is 0 Å². The van der Waals surface area contributed by atoms with E-state index in [1.54, 1.807) is 48.5 Å². The van der Waals surface area contributed by atoms with Crippen molar-refractivity contribution in [1.82, 2.24) is 0 Å². The number of benzene rings is 2. The number of carbonyl (C=O) groups is 2. The first-order valence-corrected chi connectivity index (χ1v) is 59.0. The molecule has 0 unspecified atom stereocenters. The van der Waals surface area contributed by atoms with E-state index in [4.69, 9.17) is 37.9 Å². The highest BCUT2D eigenvalue weighted by Gasteiger charge is 2.24. The number of hydrogen-bond donors (Lipinski definition) is 0. The molecule has 0 radical (unpaired) electrons. The minimum Gasteiger partial charge on any atom is -0.490 e. The van der Waals surface area contributed by atoms with Gasteiger partial charge in [-0.3, -0.25) is 9.59 Å². The Morgan fingerprint density at radius 1 is 0.169 bits per heavy atom. The van der Waals surface area contributed by atoms with E-state index in [0.29, 0.717) is 85.3 Å². The smallest absolute Gasteiger partial charge is 0.343 e. The Kier molecular flexibility index (Phi) is 82.2. The number of hydrogen-bond acceptors (Lipinski definition) is 12. The number of esters is 2. The molecule has 4 aromatic carbocycles. The summed E-state index contributed by atoms with van der Waals surface area (Å²) < 4.78 is 52.5. The van der Waals surface area contributed by atoms with Gasteiger partial charge in [0.15, 0.2) is 34.5 Å². The minimum atomic E-state index is -0.727. The summed E-state index contributed by atoms with van der Waals surface area (Å²) in [5.74, 6) is 0.994. The predicted molar refractivity (Wildman–Crippen MR) is 582 cm³/mol. The van der Waals surface area contributed by atoms with Crippen LogP contribution in [0.3, 0.4) is 0 Å². The van der Waals surface area contributed by atoms with Gasteiger partial charge in [0, 0.05) is 0 Å². The van der Waals surface area contributed by atoms with Crippen LogP contribution >= 0.6 is 0 Å². The molecule has 0 fully saturated rings. The average Bonchev–Trinajstić information content (AvgIpc) is 0.885. The highest BCUT2D eigenvalue weighted by molar-refractivity contribution is 5.93. The molecule has 0 aliphatic carbocycles. The van der Waals surface area contributed by atoms with Crippen LogP contribution < -0.4 is 48.8 Å². The van der Waals surface area contributed by atoms with Crippen molar-refractivity contribution in [3.05, 3.63) is 104 Å². The normalized spacial score (nSPS) is 11.4. The van der Waals surface area contributed by atoms with Crippen LogP contribution in [-0.2, 0) is 0 Å². The first-order chi connectivity index (χ1) is 67.2. The molecule has 0 aliphatic heterocycles. The lowest BCUT2D eigenvalue weighted by atomic mass is 10.0. The maximum Gasteiger partial charge on any atom is 0.343 e. The van der Waals surface area contributed by atoms with E-state index < -0.39 is 22.8 Å². The van der Waals surface area contributed by atoms with E-state index in [2.05, 4.69) is 41.5 Å². The lowest BCUT2D eigenvalue weighted by Gasteiger charge is -2.19.